The first-order chi connectivity index (χ1) is 20.8. The number of rotatable bonds is 10. The zero-order valence-electron chi connectivity index (χ0n) is 24.0. The summed E-state index contributed by atoms with van der Waals surface area (Å²) in [5.74, 6) is -0.256. The highest BCUT2D eigenvalue weighted by atomic mass is 35.5. The van der Waals surface area contributed by atoms with Crippen LogP contribution in [-0.4, -0.2) is 39.8 Å². The molecule has 2 amide bonds. The van der Waals surface area contributed by atoms with Crippen LogP contribution >= 0.6 is 11.6 Å². The van der Waals surface area contributed by atoms with Crippen molar-refractivity contribution >= 4 is 44.4 Å². The van der Waals surface area contributed by atoms with E-state index >= 15 is 0 Å². The third-order valence-electron chi connectivity index (χ3n) is 7.18. The highest BCUT2D eigenvalue weighted by molar-refractivity contribution is 7.91. The summed E-state index contributed by atoms with van der Waals surface area (Å²) in [5, 5.41) is 6.00. The van der Waals surface area contributed by atoms with Crippen LogP contribution in [0, 0.1) is 0 Å². The van der Waals surface area contributed by atoms with Gasteiger partial charge < -0.3 is 19.8 Å². The Morgan fingerprint density at radius 1 is 1.02 bits per heavy atom. The number of carbonyl (C=O) groups is 2. The Kier molecular flexibility index (Phi) is 9.94. The van der Waals surface area contributed by atoms with E-state index < -0.39 is 39.6 Å². The second-order valence-corrected chi connectivity index (χ2v) is 12.6. The topological polar surface area (TPSA) is 115 Å². The molecule has 1 unspecified atom stereocenters. The van der Waals surface area contributed by atoms with Crippen LogP contribution in [0.5, 0.6) is 0 Å². The van der Waals surface area contributed by atoms with Crippen molar-refractivity contribution in [3.8, 4) is 0 Å². The van der Waals surface area contributed by atoms with Crippen LogP contribution in [0.15, 0.2) is 70.0 Å². The molecule has 1 aromatic heterocycles. The van der Waals surface area contributed by atoms with Crippen molar-refractivity contribution in [2.75, 3.05) is 19.4 Å². The molecule has 1 heterocycles. The number of benzene rings is 3. The Balaban J connectivity index is 1.63. The van der Waals surface area contributed by atoms with Gasteiger partial charge >= 0.3 is 12.3 Å². The summed E-state index contributed by atoms with van der Waals surface area (Å²) in [7, 11) is -2.25. The Morgan fingerprint density at radius 3 is 2.34 bits per heavy atom. The lowest BCUT2D eigenvalue weighted by atomic mass is 9.99. The van der Waals surface area contributed by atoms with E-state index in [2.05, 4.69) is 15.4 Å². The number of nitrogens with one attached hydrogen (secondary N) is 2. The number of halogens is 4. The van der Waals surface area contributed by atoms with Crippen molar-refractivity contribution in [3.05, 3.63) is 99.3 Å². The van der Waals surface area contributed by atoms with Crippen molar-refractivity contribution in [1.82, 2.24) is 10.6 Å². The summed E-state index contributed by atoms with van der Waals surface area (Å²) >= 11 is 5.83. The van der Waals surface area contributed by atoms with Crippen LogP contribution in [-0.2, 0) is 33.6 Å². The lowest BCUT2D eigenvalue weighted by Crippen LogP contribution is -2.37. The van der Waals surface area contributed by atoms with Gasteiger partial charge in [-0.2, -0.15) is 13.2 Å². The normalized spacial score (nSPS) is 12.6. The van der Waals surface area contributed by atoms with E-state index in [0.717, 1.165) is 11.6 Å². The molecule has 0 saturated heterocycles. The molecule has 4 aromatic rings. The van der Waals surface area contributed by atoms with E-state index in [9.17, 15) is 31.2 Å². The molecule has 0 spiro atoms. The summed E-state index contributed by atoms with van der Waals surface area (Å²) in [5.41, 5.74) is 0.938. The molecule has 234 valence electrons. The number of alkyl halides is 3. The molecule has 4 rings (SSSR count). The Bertz CT molecular complexity index is 1790. The van der Waals surface area contributed by atoms with E-state index in [1.54, 1.807) is 24.3 Å². The monoisotopic (exact) mass is 650 g/mol. The molecule has 0 radical (unpaired) electrons. The SMILES string of the molecule is CCc1c(Cc2ccc(Cl)cc2C(F)(F)F)oc2cc(C(=O)NC(CNC(=O)OC)c3ccc(S(=O)(=O)CC)cc3)ccc12. The van der Waals surface area contributed by atoms with Gasteiger partial charge in [-0.15, -0.1) is 0 Å². The molecule has 8 nitrogen and oxygen atoms in total. The molecule has 2 N–H and O–H groups in total. The van der Waals surface area contributed by atoms with Gasteiger partial charge in [-0.1, -0.05) is 49.7 Å². The third kappa shape index (κ3) is 7.36. The van der Waals surface area contributed by atoms with Crippen LogP contribution in [0.25, 0.3) is 11.0 Å². The zero-order chi connectivity index (χ0) is 32.2. The molecule has 0 bridgehead atoms. The molecule has 0 aliphatic heterocycles. The number of amides is 2. The average molecular weight is 651 g/mol. The van der Waals surface area contributed by atoms with Gasteiger partial charge in [-0.05, 0) is 53.9 Å². The van der Waals surface area contributed by atoms with E-state index in [0.29, 0.717) is 28.7 Å². The summed E-state index contributed by atoms with van der Waals surface area (Å²) in [6.07, 6.45) is -4.97. The van der Waals surface area contributed by atoms with E-state index in [-0.39, 0.29) is 39.8 Å². The summed E-state index contributed by atoms with van der Waals surface area (Å²) in [4.78, 5) is 25.2. The predicted molar refractivity (Wildman–Crippen MR) is 160 cm³/mol. The van der Waals surface area contributed by atoms with Crippen molar-refractivity contribution in [3.63, 3.8) is 0 Å². The van der Waals surface area contributed by atoms with Gasteiger partial charge in [0.2, 0.25) is 0 Å². The van der Waals surface area contributed by atoms with Crippen molar-refractivity contribution in [1.29, 1.82) is 0 Å². The fraction of sp³-hybridized carbons (Fsp3) is 0.290. The molecule has 44 heavy (non-hydrogen) atoms. The fourth-order valence-corrected chi connectivity index (χ4v) is 5.89. The number of methoxy groups -OCH3 is 1. The van der Waals surface area contributed by atoms with Crippen LogP contribution in [0.2, 0.25) is 5.02 Å². The molecule has 0 saturated carbocycles. The van der Waals surface area contributed by atoms with Gasteiger partial charge in [0.1, 0.15) is 11.3 Å². The second-order valence-electron chi connectivity index (χ2n) is 9.92. The number of furan rings is 1. The number of fused-ring (bicyclic) bond motifs is 1. The van der Waals surface area contributed by atoms with Crippen molar-refractivity contribution in [2.24, 2.45) is 0 Å². The molecular weight excluding hydrogens is 621 g/mol. The number of hydrogen-bond donors (Lipinski definition) is 2. The average Bonchev–Trinajstić information content (AvgIpc) is 3.35. The quantitative estimate of drug-likeness (QED) is 0.193. The highest BCUT2D eigenvalue weighted by Gasteiger charge is 2.34. The first kappa shape index (κ1) is 32.9. The highest BCUT2D eigenvalue weighted by Crippen LogP contribution is 2.36. The van der Waals surface area contributed by atoms with Gasteiger partial charge in [0.05, 0.1) is 29.4 Å². The second kappa shape index (κ2) is 13.3. The van der Waals surface area contributed by atoms with E-state index in [1.165, 1.54) is 44.4 Å². The number of aryl methyl sites for hydroxylation is 1. The zero-order valence-corrected chi connectivity index (χ0v) is 25.6. The summed E-state index contributed by atoms with van der Waals surface area (Å²) < 4.78 is 76.2. The molecule has 1 atom stereocenters. The molecule has 0 fully saturated rings. The lowest BCUT2D eigenvalue weighted by Gasteiger charge is -2.20. The first-order valence-corrected chi connectivity index (χ1v) is 15.7. The Labute approximate surface area is 257 Å². The van der Waals surface area contributed by atoms with E-state index in [1.807, 2.05) is 6.92 Å². The maximum atomic E-state index is 13.7. The minimum atomic E-state index is -4.60. The number of carbonyl (C=O) groups excluding carboxylic acids is 2. The third-order valence-corrected chi connectivity index (χ3v) is 9.17. The standard InChI is InChI=1S/C31H30ClF3N2O6S/c1-4-23-24-13-9-20(15-28(24)43-27(23)14-19-6-10-21(32)16-25(19)31(33,34)35)29(38)37-26(17-36-30(39)42-3)18-7-11-22(12-8-18)44(40,41)5-2/h6-13,15-16,26H,4-5,14,17H2,1-3H3,(H,36,39)(H,37,38). The van der Waals surface area contributed by atoms with Gasteiger partial charge in [0.25, 0.3) is 5.91 Å². The van der Waals surface area contributed by atoms with Gasteiger partial charge in [0, 0.05) is 34.5 Å². The first-order valence-electron chi connectivity index (χ1n) is 13.6. The Morgan fingerprint density at radius 2 is 1.73 bits per heavy atom. The van der Waals surface area contributed by atoms with Crippen LogP contribution < -0.4 is 10.6 Å². The minimum absolute atomic E-state index is 0.00678. The van der Waals surface area contributed by atoms with Gasteiger partial charge in [-0.25, -0.2) is 13.2 Å². The number of alkyl carbamates (subject to hydrolysis) is 1. The summed E-state index contributed by atoms with van der Waals surface area (Å²) in [6, 6.07) is 13.5. The predicted octanol–water partition coefficient (Wildman–Crippen LogP) is 6.88. The molecule has 13 heteroatoms. The van der Waals surface area contributed by atoms with E-state index in [4.69, 9.17) is 16.0 Å². The smallest absolute Gasteiger partial charge is 0.416 e. The van der Waals surface area contributed by atoms with Crippen molar-refractivity contribution in [2.45, 2.75) is 43.8 Å². The summed E-state index contributed by atoms with van der Waals surface area (Å²) in [6.45, 7) is 3.33. The molecule has 0 aliphatic carbocycles. The van der Waals surface area contributed by atoms with Gasteiger partial charge in [-0.3, -0.25) is 4.79 Å². The molecule has 3 aromatic carbocycles. The lowest BCUT2D eigenvalue weighted by molar-refractivity contribution is -0.138. The fourth-order valence-electron chi connectivity index (χ4n) is 4.84. The largest absolute Gasteiger partial charge is 0.460 e. The van der Waals surface area contributed by atoms with Crippen LogP contribution in [0.1, 0.15) is 58.3 Å². The maximum Gasteiger partial charge on any atom is 0.416 e. The minimum Gasteiger partial charge on any atom is -0.460 e. The van der Waals surface area contributed by atoms with Crippen molar-refractivity contribution < 1.29 is 40.3 Å². The molecule has 0 aliphatic rings. The molecular formula is C31H30ClF3N2O6S. The Hall–Kier alpha value is -4.03. The van der Waals surface area contributed by atoms with Gasteiger partial charge in [0.15, 0.2) is 9.84 Å². The maximum absolute atomic E-state index is 13.7. The number of ether oxygens (including phenoxy) is 1. The van der Waals surface area contributed by atoms with Crippen LogP contribution in [0.4, 0.5) is 18.0 Å². The number of sulfone groups is 1. The number of hydrogen-bond acceptors (Lipinski definition) is 6. The van der Waals surface area contributed by atoms with Crippen LogP contribution in [0.3, 0.4) is 0 Å².